The molecule has 0 saturated carbocycles. The number of carbonyl (C=O) groups excluding carboxylic acids is 3. The summed E-state index contributed by atoms with van der Waals surface area (Å²) in [5.41, 5.74) is 2.27. The van der Waals surface area contributed by atoms with E-state index >= 15 is 0 Å². The average Bonchev–Trinajstić information content (AvgIpc) is 3.19. The molecule has 1 aliphatic rings. The van der Waals surface area contributed by atoms with Gasteiger partial charge in [0.15, 0.2) is 0 Å². The van der Waals surface area contributed by atoms with Gasteiger partial charge in [-0.05, 0) is 30.7 Å². The molecule has 3 aromatic rings. The third-order valence-electron chi connectivity index (χ3n) is 4.85. The fourth-order valence-electron chi connectivity index (χ4n) is 3.55. The molecule has 0 fully saturated rings. The van der Waals surface area contributed by atoms with E-state index in [1.54, 1.807) is 30.3 Å². The van der Waals surface area contributed by atoms with E-state index < -0.39 is 5.97 Å². The number of nitrogens with zero attached hydrogens (tertiary/aromatic N) is 2. The molecule has 0 spiro atoms. The molecule has 6 heteroatoms. The lowest BCUT2D eigenvalue weighted by Crippen LogP contribution is -2.31. The Morgan fingerprint density at radius 1 is 0.926 bits per heavy atom. The zero-order valence-electron chi connectivity index (χ0n) is 14.8. The van der Waals surface area contributed by atoms with Gasteiger partial charge in [0, 0.05) is 24.0 Å². The Morgan fingerprint density at radius 3 is 2.22 bits per heavy atom. The highest BCUT2D eigenvalue weighted by Crippen LogP contribution is 2.24. The number of amides is 2. The van der Waals surface area contributed by atoms with E-state index in [2.05, 4.69) is 0 Å². The lowest BCUT2D eigenvalue weighted by molar-refractivity contribution is 0.0583. The molecule has 1 aromatic heterocycles. The van der Waals surface area contributed by atoms with Gasteiger partial charge in [-0.2, -0.15) is 0 Å². The summed E-state index contributed by atoms with van der Waals surface area (Å²) in [4.78, 5) is 38.3. The number of benzene rings is 2. The third-order valence-corrected chi connectivity index (χ3v) is 4.85. The first-order chi connectivity index (χ1) is 13.1. The van der Waals surface area contributed by atoms with Crippen molar-refractivity contribution >= 4 is 28.7 Å². The molecule has 0 N–H and O–H groups in total. The molecule has 0 radical (unpaired) electrons. The second kappa shape index (κ2) is 6.72. The number of aryl methyl sites for hydroxylation is 1. The van der Waals surface area contributed by atoms with Crippen molar-refractivity contribution in [3.8, 4) is 0 Å². The van der Waals surface area contributed by atoms with Crippen LogP contribution in [-0.2, 0) is 11.3 Å². The summed E-state index contributed by atoms with van der Waals surface area (Å²) < 4.78 is 6.76. The smallest absolute Gasteiger partial charge is 0.354 e. The highest BCUT2D eigenvalue weighted by Gasteiger charge is 2.34. The van der Waals surface area contributed by atoms with Crippen molar-refractivity contribution in [3.05, 3.63) is 71.4 Å². The number of hydrogen-bond donors (Lipinski definition) is 0. The standard InChI is InChI=1S/C21H18N2O4/c1-27-21(26)18-13-14-7-2-5-10-17(14)22(18)11-6-12-23-19(24)15-8-3-4-9-16(15)20(23)25/h2-5,7-10,13H,6,11-12H2,1H3. The summed E-state index contributed by atoms with van der Waals surface area (Å²) in [7, 11) is 1.35. The fraction of sp³-hybridized carbons (Fsp3) is 0.190. The number of ether oxygens (including phenoxy) is 1. The van der Waals surface area contributed by atoms with Gasteiger partial charge >= 0.3 is 5.97 Å². The number of carbonyl (C=O) groups is 3. The number of para-hydroxylation sites is 1. The van der Waals surface area contributed by atoms with E-state index in [1.807, 2.05) is 28.8 Å². The minimum Gasteiger partial charge on any atom is -0.464 e. The van der Waals surface area contributed by atoms with Crippen molar-refractivity contribution in [1.29, 1.82) is 0 Å². The van der Waals surface area contributed by atoms with Crippen LogP contribution in [0.3, 0.4) is 0 Å². The minimum atomic E-state index is -0.410. The highest BCUT2D eigenvalue weighted by atomic mass is 16.5. The van der Waals surface area contributed by atoms with Crippen molar-refractivity contribution in [2.75, 3.05) is 13.7 Å². The Hall–Kier alpha value is -3.41. The summed E-state index contributed by atoms with van der Waals surface area (Å²) in [6, 6.07) is 16.3. The van der Waals surface area contributed by atoms with Crippen LogP contribution in [0.15, 0.2) is 54.6 Å². The van der Waals surface area contributed by atoms with Gasteiger partial charge < -0.3 is 9.30 Å². The summed E-state index contributed by atoms with van der Waals surface area (Å²) in [5.74, 6) is -0.936. The lowest BCUT2D eigenvalue weighted by atomic mass is 10.1. The van der Waals surface area contributed by atoms with E-state index in [1.165, 1.54) is 12.0 Å². The summed E-state index contributed by atoms with van der Waals surface area (Å²) >= 11 is 0. The highest BCUT2D eigenvalue weighted by molar-refractivity contribution is 6.21. The van der Waals surface area contributed by atoms with Crippen LogP contribution >= 0.6 is 0 Å². The van der Waals surface area contributed by atoms with Crippen LogP contribution in [0.1, 0.15) is 37.6 Å². The van der Waals surface area contributed by atoms with Crippen LogP contribution in [0.5, 0.6) is 0 Å². The summed E-state index contributed by atoms with van der Waals surface area (Å²) in [6.45, 7) is 0.783. The van der Waals surface area contributed by atoms with Crippen LogP contribution in [0, 0.1) is 0 Å². The molecule has 2 aromatic carbocycles. The predicted octanol–water partition coefficient (Wildman–Crippen LogP) is 3.11. The quantitative estimate of drug-likeness (QED) is 0.517. The van der Waals surface area contributed by atoms with Gasteiger partial charge in [0.2, 0.25) is 0 Å². The molecule has 136 valence electrons. The molecular formula is C21H18N2O4. The maximum absolute atomic E-state index is 12.5. The number of rotatable bonds is 5. The first kappa shape index (κ1) is 17.0. The number of imide groups is 1. The van der Waals surface area contributed by atoms with E-state index in [4.69, 9.17) is 4.74 Å². The van der Waals surface area contributed by atoms with E-state index in [0.717, 1.165) is 10.9 Å². The number of hydrogen-bond acceptors (Lipinski definition) is 4. The van der Waals surface area contributed by atoms with Crippen molar-refractivity contribution < 1.29 is 19.1 Å². The first-order valence-corrected chi connectivity index (χ1v) is 8.73. The second-order valence-electron chi connectivity index (χ2n) is 6.39. The topological polar surface area (TPSA) is 68.6 Å². The first-order valence-electron chi connectivity index (χ1n) is 8.73. The summed E-state index contributed by atoms with van der Waals surface area (Å²) in [5, 5.41) is 0.943. The molecule has 2 amide bonds. The molecule has 0 bridgehead atoms. The zero-order chi connectivity index (χ0) is 19.0. The maximum Gasteiger partial charge on any atom is 0.354 e. The molecule has 0 unspecified atom stereocenters. The monoisotopic (exact) mass is 362 g/mol. The predicted molar refractivity (Wildman–Crippen MR) is 99.7 cm³/mol. The van der Waals surface area contributed by atoms with Crippen LogP contribution in [0.25, 0.3) is 10.9 Å². The van der Waals surface area contributed by atoms with E-state index in [9.17, 15) is 14.4 Å². The number of esters is 1. The van der Waals surface area contributed by atoms with Crippen molar-refractivity contribution in [2.45, 2.75) is 13.0 Å². The molecule has 6 nitrogen and oxygen atoms in total. The molecule has 27 heavy (non-hydrogen) atoms. The Balaban J connectivity index is 1.54. The summed E-state index contributed by atoms with van der Waals surface area (Å²) in [6.07, 6.45) is 0.536. The molecule has 0 aliphatic carbocycles. The Kier molecular flexibility index (Phi) is 4.24. The molecular weight excluding hydrogens is 344 g/mol. The molecule has 1 aliphatic heterocycles. The average molecular weight is 362 g/mol. The van der Waals surface area contributed by atoms with Gasteiger partial charge in [0.05, 0.1) is 18.2 Å². The van der Waals surface area contributed by atoms with Crippen LogP contribution in [0.2, 0.25) is 0 Å². The van der Waals surface area contributed by atoms with E-state index in [0.29, 0.717) is 36.3 Å². The van der Waals surface area contributed by atoms with Gasteiger partial charge in [0.1, 0.15) is 5.69 Å². The number of aromatic nitrogens is 1. The van der Waals surface area contributed by atoms with Gasteiger partial charge in [-0.3, -0.25) is 14.5 Å². The second-order valence-corrected chi connectivity index (χ2v) is 6.39. The van der Waals surface area contributed by atoms with Crippen LogP contribution in [0.4, 0.5) is 0 Å². The molecule has 2 heterocycles. The van der Waals surface area contributed by atoms with Gasteiger partial charge in [-0.15, -0.1) is 0 Å². The van der Waals surface area contributed by atoms with Crippen molar-refractivity contribution in [3.63, 3.8) is 0 Å². The normalized spacial score (nSPS) is 13.3. The fourth-order valence-corrected chi connectivity index (χ4v) is 3.55. The van der Waals surface area contributed by atoms with Gasteiger partial charge in [-0.1, -0.05) is 30.3 Å². The van der Waals surface area contributed by atoms with E-state index in [-0.39, 0.29) is 11.8 Å². The zero-order valence-corrected chi connectivity index (χ0v) is 14.8. The van der Waals surface area contributed by atoms with Crippen molar-refractivity contribution in [2.24, 2.45) is 0 Å². The minimum absolute atomic E-state index is 0.263. The third kappa shape index (κ3) is 2.79. The Morgan fingerprint density at radius 2 is 1.56 bits per heavy atom. The van der Waals surface area contributed by atoms with Gasteiger partial charge in [-0.25, -0.2) is 4.79 Å². The lowest BCUT2D eigenvalue weighted by Gasteiger charge is -2.15. The number of methoxy groups -OCH3 is 1. The van der Waals surface area contributed by atoms with Crippen LogP contribution < -0.4 is 0 Å². The SMILES string of the molecule is COC(=O)c1cc2ccccc2n1CCCN1C(=O)c2ccccc2C1=O. The number of fused-ring (bicyclic) bond motifs is 2. The molecule has 0 atom stereocenters. The molecule has 4 rings (SSSR count). The largest absolute Gasteiger partial charge is 0.464 e. The Labute approximate surface area is 155 Å². The van der Waals surface area contributed by atoms with Crippen LogP contribution in [-0.4, -0.2) is 40.9 Å². The molecule has 0 saturated heterocycles. The Bertz CT molecular complexity index is 1030. The van der Waals surface area contributed by atoms with Crippen molar-refractivity contribution in [1.82, 2.24) is 9.47 Å². The van der Waals surface area contributed by atoms with Gasteiger partial charge in [0.25, 0.3) is 11.8 Å². The maximum atomic E-state index is 12.5.